The van der Waals surface area contributed by atoms with Gasteiger partial charge in [-0.25, -0.2) is 0 Å². The number of nitrogens with zero attached hydrogens (tertiary/aromatic N) is 2. The molecule has 1 aliphatic rings. The van der Waals surface area contributed by atoms with Gasteiger partial charge in [-0.2, -0.15) is 0 Å². The molecule has 0 spiro atoms. The van der Waals surface area contributed by atoms with Crippen molar-refractivity contribution >= 4 is 17.8 Å². The van der Waals surface area contributed by atoms with Crippen LogP contribution >= 0.6 is 0 Å². The second-order valence-electron chi connectivity index (χ2n) is 6.94. The molecule has 1 saturated heterocycles. The molecular weight excluding hydrogens is 364 g/mol. The minimum absolute atomic E-state index is 0.105. The summed E-state index contributed by atoms with van der Waals surface area (Å²) < 4.78 is 10.6. The molecule has 0 aliphatic carbocycles. The summed E-state index contributed by atoms with van der Waals surface area (Å²) >= 11 is 0. The van der Waals surface area contributed by atoms with E-state index in [1.807, 2.05) is 6.92 Å². The van der Waals surface area contributed by atoms with Crippen molar-refractivity contribution in [3.63, 3.8) is 0 Å². The topological polar surface area (TPSA) is 96.4 Å². The van der Waals surface area contributed by atoms with Crippen molar-refractivity contribution in [3.8, 4) is 11.5 Å². The van der Waals surface area contributed by atoms with Gasteiger partial charge in [0, 0.05) is 31.6 Å². The summed E-state index contributed by atoms with van der Waals surface area (Å²) in [6, 6.07) is 3.28. The Morgan fingerprint density at radius 3 is 2.36 bits per heavy atom. The minimum atomic E-state index is -1.03. The molecule has 8 heteroatoms. The van der Waals surface area contributed by atoms with Gasteiger partial charge in [0.05, 0.1) is 14.2 Å². The molecular formula is C20H28N2O6. The van der Waals surface area contributed by atoms with Crippen molar-refractivity contribution in [2.24, 2.45) is 0 Å². The predicted octanol–water partition coefficient (Wildman–Crippen LogP) is 1.94. The third kappa shape index (κ3) is 4.94. The van der Waals surface area contributed by atoms with E-state index in [0.29, 0.717) is 49.4 Å². The smallest absolute Gasteiger partial charge is 0.323 e. The van der Waals surface area contributed by atoms with E-state index in [0.717, 1.165) is 5.56 Å². The van der Waals surface area contributed by atoms with Crippen LogP contribution in [0.15, 0.2) is 12.1 Å². The number of ether oxygens (including phenoxy) is 2. The van der Waals surface area contributed by atoms with Crippen molar-refractivity contribution < 1.29 is 29.0 Å². The number of aliphatic carboxylic acids is 1. The first-order valence-corrected chi connectivity index (χ1v) is 9.29. The zero-order valence-electron chi connectivity index (χ0n) is 16.9. The SMILES string of the molecule is COc1cc(C)c(C(=O)N2CCCC(N(CC(=O)O)C(C)=O)CC2)cc1OC. The van der Waals surface area contributed by atoms with Gasteiger partial charge < -0.3 is 24.4 Å². The van der Waals surface area contributed by atoms with Crippen LogP contribution in [0.2, 0.25) is 0 Å². The molecule has 0 bridgehead atoms. The van der Waals surface area contributed by atoms with E-state index in [1.165, 1.54) is 18.9 Å². The number of likely N-dealkylation sites (tertiary alicyclic amines) is 1. The van der Waals surface area contributed by atoms with Gasteiger partial charge in [0.2, 0.25) is 5.91 Å². The zero-order chi connectivity index (χ0) is 20.8. The van der Waals surface area contributed by atoms with Crippen molar-refractivity contribution in [1.29, 1.82) is 0 Å². The lowest BCUT2D eigenvalue weighted by Gasteiger charge is -2.29. The molecule has 0 aromatic heterocycles. The molecule has 1 aromatic rings. The Kier molecular flexibility index (Phi) is 7.25. The van der Waals surface area contributed by atoms with Gasteiger partial charge in [0.1, 0.15) is 6.54 Å². The highest BCUT2D eigenvalue weighted by atomic mass is 16.5. The summed E-state index contributed by atoms with van der Waals surface area (Å²) in [5, 5.41) is 9.06. The fraction of sp³-hybridized carbons (Fsp3) is 0.550. The molecule has 8 nitrogen and oxygen atoms in total. The molecule has 0 radical (unpaired) electrons. The lowest BCUT2D eigenvalue weighted by Crippen LogP contribution is -2.43. The highest BCUT2D eigenvalue weighted by Crippen LogP contribution is 2.31. The lowest BCUT2D eigenvalue weighted by atomic mass is 10.1. The minimum Gasteiger partial charge on any atom is -0.493 e. The zero-order valence-corrected chi connectivity index (χ0v) is 16.9. The summed E-state index contributed by atoms with van der Waals surface area (Å²) in [6.45, 7) is 3.93. The Bertz CT molecular complexity index is 748. The van der Waals surface area contributed by atoms with Crippen LogP contribution in [0.4, 0.5) is 0 Å². The van der Waals surface area contributed by atoms with E-state index < -0.39 is 5.97 Å². The van der Waals surface area contributed by atoms with Gasteiger partial charge in [-0.3, -0.25) is 14.4 Å². The Hall–Kier alpha value is -2.77. The van der Waals surface area contributed by atoms with E-state index in [4.69, 9.17) is 14.6 Å². The number of hydrogen-bond acceptors (Lipinski definition) is 5. The number of benzene rings is 1. The first kappa shape index (κ1) is 21.5. The van der Waals surface area contributed by atoms with E-state index in [2.05, 4.69) is 0 Å². The van der Waals surface area contributed by atoms with Crippen molar-refractivity contribution in [2.45, 2.75) is 39.2 Å². The summed E-state index contributed by atoms with van der Waals surface area (Å²) in [5.41, 5.74) is 1.34. The van der Waals surface area contributed by atoms with Crippen LogP contribution in [0.3, 0.4) is 0 Å². The van der Waals surface area contributed by atoms with Crippen LogP contribution in [0.25, 0.3) is 0 Å². The van der Waals surface area contributed by atoms with Gasteiger partial charge >= 0.3 is 5.97 Å². The lowest BCUT2D eigenvalue weighted by molar-refractivity contribution is -0.145. The fourth-order valence-corrected chi connectivity index (χ4v) is 3.62. The van der Waals surface area contributed by atoms with Crippen LogP contribution in [0, 0.1) is 6.92 Å². The molecule has 1 fully saturated rings. The number of hydrogen-bond donors (Lipinski definition) is 1. The van der Waals surface area contributed by atoms with Gasteiger partial charge in [-0.05, 0) is 43.9 Å². The summed E-state index contributed by atoms with van der Waals surface area (Å²) in [7, 11) is 3.07. The molecule has 1 unspecified atom stereocenters. The van der Waals surface area contributed by atoms with Crippen LogP contribution in [0.5, 0.6) is 11.5 Å². The average Bonchev–Trinajstić information content (AvgIpc) is 2.91. The van der Waals surface area contributed by atoms with Crippen LogP contribution in [-0.2, 0) is 9.59 Å². The standard InChI is InChI=1S/C20H28N2O6/c1-13-10-17(27-3)18(28-4)11-16(13)20(26)21-8-5-6-15(7-9-21)22(14(2)23)12-19(24)25/h10-11,15H,5-9,12H2,1-4H3,(H,24,25). The molecule has 1 aliphatic heterocycles. The first-order chi connectivity index (χ1) is 13.3. The van der Waals surface area contributed by atoms with Crippen molar-refractivity contribution in [3.05, 3.63) is 23.3 Å². The van der Waals surface area contributed by atoms with Gasteiger partial charge in [-0.15, -0.1) is 0 Å². The molecule has 2 amide bonds. The Balaban J connectivity index is 2.16. The monoisotopic (exact) mass is 392 g/mol. The van der Waals surface area contributed by atoms with Crippen molar-refractivity contribution in [2.75, 3.05) is 33.9 Å². The summed E-state index contributed by atoms with van der Waals surface area (Å²) in [5.74, 6) is -0.338. The van der Waals surface area contributed by atoms with Gasteiger partial charge in [0.25, 0.3) is 5.91 Å². The van der Waals surface area contributed by atoms with Crippen LogP contribution < -0.4 is 9.47 Å². The number of carboxylic acid groups (broad SMARTS) is 1. The highest BCUT2D eigenvalue weighted by molar-refractivity contribution is 5.96. The summed E-state index contributed by atoms with van der Waals surface area (Å²) in [6.07, 6.45) is 1.92. The maximum absolute atomic E-state index is 13.1. The molecule has 1 heterocycles. The largest absolute Gasteiger partial charge is 0.493 e. The molecule has 154 valence electrons. The Morgan fingerprint density at radius 2 is 1.79 bits per heavy atom. The molecule has 2 rings (SSSR count). The van der Waals surface area contributed by atoms with E-state index >= 15 is 0 Å². The number of rotatable bonds is 6. The fourth-order valence-electron chi connectivity index (χ4n) is 3.62. The third-order valence-electron chi connectivity index (χ3n) is 5.10. The summed E-state index contributed by atoms with van der Waals surface area (Å²) in [4.78, 5) is 39.2. The molecule has 28 heavy (non-hydrogen) atoms. The van der Waals surface area contributed by atoms with E-state index in [9.17, 15) is 14.4 Å². The average molecular weight is 392 g/mol. The predicted molar refractivity (Wildman–Crippen MR) is 103 cm³/mol. The Morgan fingerprint density at radius 1 is 1.14 bits per heavy atom. The van der Waals surface area contributed by atoms with Crippen molar-refractivity contribution in [1.82, 2.24) is 9.80 Å². The molecule has 1 aromatic carbocycles. The van der Waals surface area contributed by atoms with E-state index in [1.54, 1.807) is 24.1 Å². The Labute approximate surface area is 165 Å². The number of carboxylic acids is 1. The maximum Gasteiger partial charge on any atom is 0.323 e. The van der Waals surface area contributed by atoms with Gasteiger partial charge in [-0.1, -0.05) is 0 Å². The quantitative estimate of drug-likeness (QED) is 0.795. The molecule has 1 N–H and O–H groups in total. The van der Waals surface area contributed by atoms with E-state index in [-0.39, 0.29) is 24.4 Å². The second-order valence-corrected chi connectivity index (χ2v) is 6.94. The second kappa shape index (κ2) is 9.43. The normalized spacial score (nSPS) is 16.9. The highest BCUT2D eigenvalue weighted by Gasteiger charge is 2.28. The number of methoxy groups -OCH3 is 2. The number of aryl methyl sites for hydroxylation is 1. The molecule has 1 atom stereocenters. The maximum atomic E-state index is 13.1. The number of carbonyl (C=O) groups is 3. The first-order valence-electron chi connectivity index (χ1n) is 9.29. The number of carbonyl (C=O) groups excluding carboxylic acids is 2. The van der Waals surface area contributed by atoms with Crippen LogP contribution in [0.1, 0.15) is 42.1 Å². The number of amides is 2. The molecule has 0 saturated carbocycles. The third-order valence-corrected chi connectivity index (χ3v) is 5.10. The van der Waals surface area contributed by atoms with Gasteiger partial charge in [0.15, 0.2) is 11.5 Å². The van der Waals surface area contributed by atoms with Crippen LogP contribution in [-0.4, -0.2) is 72.6 Å².